The third-order valence-electron chi connectivity index (χ3n) is 3.79. The summed E-state index contributed by atoms with van der Waals surface area (Å²) in [5, 5.41) is 0. The summed E-state index contributed by atoms with van der Waals surface area (Å²) in [4.78, 5) is 18.3. The first-order valence-corrected chi connectivity index (χ1v) is 8.12. The maximum atomic E-state index is 13.3. The zero-order chi connectivity index (χ0) is 17.7. The van der Waals surface area contributed by atoms with Crippen molar-refractivity contribution in [3.05, 3.63) is 53.6 Å². The van der Waals surface area contributed by atoms with Crippen molar-refractivity contribution >= 4 is 5.91 Å². The number of imidazole rings is 1. The minimum absolute atomic E-state index is 0.0925. The second kappa shape index (κ2) is 8.04. The van der Waals surface area contributed by atoms with Crippen LogP contribution < -0.4 is 0 Å². The van der Waals surface area contributed by atoms with Crippen LogP contribution in [0.5, 0.6) is 0 Å². The molecule has 2 aromatic rings. The van der Waals surface area contributed by atoms with Gasteiger partial charge in [-0.25, -0.2) is 13.8 Å². The van der Waals surface area contributed by atoms with Gasteiger partial charge in [-0.15, -0.1) is 0 Å². The minimum atomic E-state index is -0.864. The molecule has 6 heteroatoms. The molecular weight excluding hydrogens is 312 g/mol. The van der Waals surface area contributed by atoms with Crippen LogP contribution in [0.15, 0.2) is 30.6 Å². The molecule has 24 heavy (non-hydrogen) atoms. The van der Waals surface area contributed by atoms with Gasteiger partial charge in [0.2, 0.25) is 5.91 Å². The van der Waals surface area contributed by atoms with Gasteiger partial charge in [-0.1, -0.05) is 19.9 Å². The summed E-state index contributed by atoms with van der Waals surface area (Å²) < 4.78 is 28.2. The Bertz CT molecular complexity index is 697. The molecule has 1 aromatic carbocycles. The number of aromatic nitrogens is 2. The Morgan fingerprint density at radius 1 is 1.29 bits per heavy atom. The second-order valence-electron chi connectivity index (χ2n) is 6.23. The van der Waals surface area contributed by atoms with Gasteiger partial charge in [-0.05, 0) is 30.5 Å². The zero-order valence-corrected chi connectivity index (χ0v) is 14.3. The molecule has 2 rings (SSSR count). The Morgan fingerprint density at radius 2 is 2.04 bits per heavy atom. The van der Waals surface area contributed by atoms with E-state index in [1.54, 1.807) is 23.4 Å². The lowest BCUT2D eigenvalue weighted by Crippen LogP contribution is -2.32. The zero-order valence-electron chi connectivity index (χ0n) is 14.3. The number of halogens is 2. The lowest BCUT2D eigenvalue weighted by atomic mass is 10.1. The minimum Gasteiger partial charge on any atom is -0.335 e. The SMILES string of the molecule is CCN(Cc1nccn1Cc1ccc(F)c(F)c1)C(=O)CC(C)C. The van der Waals surface area contributed by atoms with E-state index in [9.17, 15) is 13.6 Å². The van der Waals surface area contributed by atoms with Crippen LogP contribution in [-0.4, -0.2) is 26.9 Å². The van der Waals surface area contributed by atoms with E-state index < -0.39 is 11.6 Å². The summed E-state index contributed by atoms with van der Waals surface area (Å²) in [6.07, 6.45) is 3.92. The van der Waals surface area contributed by atoms with Crippen LogP contribution in [0.3, 0.4) is 0 Å². The number of hydrogen-bond acceptors (Lipinski definition) is 2. The van der Waals surface area contributed by atoms with Crippen molar-refractivity contribution in [1.29, 1.82) is 0 Å². The molecule has 0 spiro atoms. The maximum absolute atomic E-state index is 13.3. The number of carbonyl (C=O) groups is 1. The third kappa shape index (κ3) is 4.63. The monoisotopic (exact) mass is 335 g/mol. The van der Waals surface area contributed by atoms with Crippen molar-refractivity contribution in [3.8, 4) is 0 Å². The Labute approximate surface area is 141 Å². The molecule has 0 saturated carbocycles. The van der Waals surface area contributed by atoms with Crippen LogP contribution in [0.1, 0.15) is 38.6 Å². The van der Waals surface area contributed by atoms with Crippen LogP contribution in [0.4, 0.5) is 8.78 Å². The summed E-state index contributed by atoms with van der Waals surface area (Å²) in [5.74, 6) is -0.612. The number of nitrogens with zero attached hydrogens (tertiary/aromatic N) is 3. The van der Waals surface area contributed by atoms with Gasteiger partial charge in [-0.3, -0.25) is 4.79 Å². The summed E-state index contributed by atoms with van der Waals surface area (Å²) in [6.45, 7) is 7.33. The number of amides is 1. The normalized spacial score (nSPS) is 11.1. The summed E-state index contributed by atoms with van der Waals surface area (Å²) in [7, 11) is 0. The molecule has 0 unspecified atom stereocenters. The highest BCUT2D eigenvalue weighted by Gasteiger charge is 2.16. The Balaban J connectivity index is 2.11. The van der Waals surface area contributed by atoms with E-state index in [1.807, 2.05) is 25.3 Å². The van der Waals surface area contributed by atoms with Crippen LogP contribution >= 0.6 is 0 Å². The van der Waals surface area contributed by atoms with Crippen LogP contribution in [-0.2, 0) is 17.9 Å². The first-order valence-electron chi connectivity index (χ1n) is 8.12. The predicted octanol–water partition coefficient (Wildman–Crippen LogP) is 3.60. The molecule has 0 bridgehead atoms. The number of carbonyl (C=O) groups excluding carboxylic acids is 1. The highest BCUT2D eigenvalue weighted by Crippen LogP contribution is 2.13. The van der Waals surface area contributed by atoms with Crippen LogP contribution in [0, 0.1) is 17.6 Å². The lowest BCUT2D eigenvalue weighted by Gasteiger charge is -2.22. The molecule has 0 saturated heterocycles. The van der Waals surface area contributed by atoms with Gasteiger partial charge in [0.15, 0.2) is 11.6 Å². The van der Waals surface area contributed by atoms with E-state index in [-0.39, 0.29) is 5.91 Å². The smallest absolute Gasteiger partial charge is 0.223 e. The van der Waals surface area contributed by atoms with Crippen LogP contribution in [0.2, 0.25) is 0 Å². The number of hydrogen-bond donors (Lipinski definition) is 0. The third-order valence-corrected chi connectivity index (χ3v) is 3.79. The van der Waals surface area contributed by atoms with E-state index in [2.05, 4.69) is 4.98 Å². The number of rotatable bonds is 7. The van der Waals surface area contributed by atoms with Gasteiger partial charge in [0, 0.05) is 31.9 Å². The van der Waals surface area contributed by atoms with Crippen molar-refractivity contribution in [2.75, 3.05) is 6.54 Å². The molecule has 0 radical (unpaired) electrons. The van der Waals surface area contributed by atoms with Gasteiger partial charge >= 0.3 is 0 Å². The first kappa shape index (κ1) is 18.1. The van der Waals surface area contributed by atoms with Gasteiger partial charge in [0.05, 0.1) is 6.54 Å². The summed E-state index contributed by atoms with van der Waals surface area (Å²) in [6, 6.07) is 3.84. The van der Waals surface area contributed by atoms with E-state index in [1.165, 1.54) is 6.07 Å². The Morgan fingerprint density at radius 3 is 2.67 bits per heavy atom. The molecule has 0 fully saturated rings. The topological polar surface area (TPSA) is 38.1 Å². The summed E-state index contributed by atoms with van der Waals surface area (Å²) >= 11 is 0. The van der Waals surface area contributed by atoms with Crippen molar-refractivity contribution in [2.24, 2.45) is 5.92 Å². The molecule has 0 N–H and O–H groups in total. The van der Waals surface area contributed by atoms with Crippen molar-refractivity contribution in [1.82, 2.24) is 14.5 Å². The number of benzene rings is 1. The van der Waals surface area contributed by atoms with Gasteiger partial charge in [0.25, 0.3) is 0 Å². The van der Waals surface area contributed by atoms with E-state index in [0.29, 0.717) is 37.5 Å². The standard InChI is InChI=1S/C18H23F2N3O/c1-4-22(18(24)9-13(2)3)12-17-21-7-8-23(17)11-14-5-6-15(19)16(20)10-14/h5-8,10,13H,4,9,11-12H2,1-3H3. The largest absolute Gasteiger partial charge is 0.335 e. The highest BCUT2D eigenvalue weighted by molar-refractivity contribution is 5.76. The molecule has 4 nitrogen and oxygen atoms in total. The predicted molar refractivity (Wildman–Crippen MR) is 88.2 cm³/mol. The molecule has 1 aromatic heterocycles. The average molecular weight is 335 g/mol. The van der Waals surface area contributed by atoms with Gasteiger partial charge in [0.1, 0.15) is 5.82 Å². The fourth-order valence-corrected chi connectivity index (χ4v) is 2.50. The molecule has 0 aliphatic heterocycles. The summed E-state index contributed by atoms with van der Waals surface area (Å²) in [5.41, 5.74) is 0.643. The molecular formula is C18H23F2N3O. The molecule has 1 amide bonds. The van der Waals surface area contributed by atoms with Crippen molar-refractivity contribution < 1.29 is 13.6 Å². The van der Waals surface area contributed by atoms with Gasteiger partial charge < -0.3 is 9.47 Å². The molecule has 0 aliphatic rings. The fourth-order valence-electron chi connectivity index (χ4n) is 2.50. The van der Waals surface area contributed by atoms with E-state index in [4.69, 9.17) is 0 Å². The molecule has 0 atom stereocenters. The average Bonchev–Trinajstić information content (AvgIpc) is 2.94. The van der Waals surface area contributed by atoms with E-state index >= 15 is 0 Å². The molecule has 0 aliphatic carbocycles. The van der Waals surface area contributed by atoms with Gasteiger partial charge in [-0.2, -0.15) is 0 Å². The van der Waals surface area contributed by atoms with Crippen LogP contribution in [0.25, 0.3) is 0 Å². The lowest BCUT2D eigenvalue weighted by molar-refractivity contribution is -0.132. The van der Waals surface area contributed by atoms with Crippen molar-refractivity contribution in [3.63, 3.8) is 0 Å². The Kier molecular flexibility index (Phi) is 6.06. The molecule has 1 heterocycles. The highest BCUT2D eigenvalue weighted by atomic mass is 19.2. The first-order chi connectivity index (χ1) is 11.4. The van der Waals surface area contributed by atoms with Crippen molar-refractivity contribution in [2.45, 2.75) is 40.3 Å². The quantitative estimate of drug-likeness (QED) is 0.775. The Hall–Kier alpha value is -2.24. The van der Waals surface area contributed by atoms with E-state index in [0.717, 1.165) is 11.9 Å². The fraction of sp³-hybridized carbons (Fsp3) is 0.444. The molecule has 130 valence electrons. The second-order valence-corrected chi connectivity index (χ2v) is 6.23. The maximum Gasteiger partial charge on any atom is 0.223 e.